The number of ether oxygens (including phenoxy) is 1. The SMILES string of the molecule is O=C(CO)c1cc(Cl)ccc1OCc1ccccc1. The molecule has 0 aromatic heterocycles. The minimum atomic E-state index is -0.567. The third kappa shape index (κ3) is 3.56. The van der Waals surface area contributed by atoms with Crippen molar-refractivity contribution in [1.29, 1.82) is 0 Å². The Morgan fingerprint density at radius 3 is 2.58 bits per heavy atom. The van der Waals surface area contributed by atoms with E-state index in [0.29, 0.717) is 22.9 Å². The van der Waals surface area contributed by atoms with Crippen molar-refractivity contribution in [3.63, 3.8) is 0 Å². The van der Waals surface area contributed by atoms with Crippen LogP contribution in [0.1, 0.15) is 15.9 Å². The smallest absolute Gasteiger partial charge is 0.191 e. The van der Waals surface area contributed by atoms with Crippen LogP contribution in [-0.4, -0.2) is 17.5 Å². The third-order valence-electron chi connectivity index (χ3n) is 2.62. The van der Waals surface area contributed by atoms with Crippen molar-refractivity contribution in [2.45, 2.75) is 6.61 Å². The molecule has 2 aromatic carbocycles. The minimum Gasteiger partial charge on any atom is -0.488 e. The number of rotatable bonds is 5. The van der Waals surface area contributed by atoms with E-state index >= 15 is 0 Å². The number of carbonyl (C=O) groups excluding carboxylic acids is 1. The zero-order chi connectivity index (χ0) is 13.7. The van der Waals surface area contributed by atoms with Crippen molar-refractivity contribution in [3.05, 3.63) is 64.7 Å². The third-order valence-corrected chi connectivity index (χ3v) is 2.86. The topological polar surface area (TPSA) is 46.5 Å². The molecular weight excluding hydrogens is 264 g/mol. The maximum atomic E-state index is 11.6. The van der Waals surface area contributed by atoms with Crippen LogP contribution in [-0.2, 0) is 6.61 Å². The fourth-order valence-corrected chi connectivity index (χ4v) is 1.84. The minimum absolute atomic E-state index is 0.297. The maximum Gasteiger partial charge on any atom is 0.191 e. The Hall–Kier alpha value is -1.84. The maximum absolute atomic E-state index is 11.6. The molecule has 0 fully saturated rings. The highest BCUT2D eigenvalue weighted by atomic mass is 35.5. The molecule has 2 aromatic rings. The number of hydrogen-bond donors (Lipinski definition) is 1. The van der Waals surface area contributed by atoms with Crippen LogP contribution in [0.5, 0.6) is 5.75 Å². The van der Waals surface area contributed by atoms with Crippen LogP contribution in [0, 0.1) is 0 Å². The lowest BCUT2D eigenvalue weighted by Gasteiger charge is -2.10. The van der Waals surface area contributed by atoms with Gasteiger partial charge in [-0.2, -0.15) is 0 Å². The molecular formula is C15H13ClO3. The number of ketones is 1. The van der Waals surface area contributed by atoms with E-state index in [4.69, 9.17) is 21.4 Å². The van der Waals surface area contributed by atoms with Crippen LogP contribution in [0.4, 0.5) is 0 Å². The highest BCUT2D eigenvalue weighted by Crippen LogP contribution is 2.24. The van der Waals surface area contributed by atoms with Gasteiger partial charge in [0.25, 0.3) is 0 Å². The predicted molar refractivity (Wildman–Crippen MR) is 73.6 cm³/mol. The fraction of sp³-hybridized carbons (Fsp3) is 0.133. The summed E-state index contributed by atoms with van der Waals surface area (Å²) in [6, 6.07) is 14.4. The second kappa shape index (κ2) is 6.36. The zero-order valence-corrected chi connectivity index (χ0v) is 10.9. The number of aliphatic hydroxyl groups excluding tert-OH is 1. The van der Waals surface area contributed by atoms with Crippen LogP contribution < -0.4 is 4.74 Å². The Bertz CT molecular complexity index is 567. The molecule has 0 aliphatic rings. The van der Waals surface area contributed by atoms with Crippen LogP contribution in [0.3, 0.4) is 0 Å². The van der Waals surface area contributed by atoms with Crippen molar-refractivity contribution in [2.75, 3.05) is 6.61 Å². The summed E-state index contributed by atoms with van der Waals surface area (Å²) in [5.74, 6) is 0.0119. The van der Waals surface area contributed by atoms with Crippen molar-refractivity contribution in [1.82, 2.24) is 0 Å². The average molecular weight is 277 g/mol. The number of hydrogen-bond acceptors (Lipinski definition) is 3. The summed E-state index contributed by atoms with van der Waals surface area (Å²) in [6.07, 6.45) is 0. The summed E-state index contributed by atoms with van der Waals surface area (Å²) in [7, 11) is 0. The van der Waals surface area contributed by atoms with Gasteiger partial charge in [-0.1, -0.05) is 41.9 Å². The van der Waals surface area contributed by atoms with E-state index in [2.05, 4.69) is 0 Å². The van der Waals surface area contributed by atoms with Gasteiger partial charge < -0.3 is 9.84 Å². The monoisotopic (exact) mass is 276 g/mol. The van der Waals surface area contributed by atoms with E-state index in [1.807, 2.05) is 30.3 Å². The van der Waals surface area contributed by atoms with Gasteiger partial charge in [0.1, 0.15) is 19.0 Å². The normalized spacial score (nSPS) is 10.2. The molecule has 0 bridgehead atoms. The second-order valence-electron chi connectivity index (χ2n) is 4.00. The molecule has 0 radical (unpaired) electrons. The van der Waals surface area contributed by atoms with Gasteiger partial charge in [0, 0.05) is 5.02 Å². The molecule has 0 spiro atoms. The van der Waals surface area contributed by atoms with E-state index < -0.39 is 12.4 Å². The molecule has 0 heterocycles. The Labute approximate surface area is 116 Å². The largest absolute Gasteiger partial charge is 0.488 e. The van der Waals surface area contributed by atoms with Crippen LogP contribution in [0.15, 0.2) is 48.5 Å². The van der Waals surface area contributed by atoms with Crippen LogP contribution in [0.2, 0.25) is 5.02 Å². The molecule has 2 rings (SSSR count). The zero-order valence-electron chi connectivity index (χ0n) is 10.2. The standard InChI is InChI=1S/C15H13ClO3/c16-12-6-7-15(13(8-12)14(18)9-17)19-10-11-4-2-1-3-5-11/h1-8,17H,9-10H2. The Balaban J connectivity index is 2.18. The molecule has 0 amide bonds. The summed E-state index contributed by atoms with van der Waals surface area (Å²) in [5.41, 5.74) is 1.30. The van der Waals surface area contributed by atoms with Crippen molar-refractivity contribution in [2.24, 2.45) is 0 Å². The van der Waals surface area contributed by atoms with Gasteiger partial charge in [0.2, 0.25) is 0 Å². The van der Waals surface area contributed by atoms with Gasteiger partial charge in [-0.05, 0) is 23.8 Å². The Morgan fingerprint density at radius 2 is 1.89 bits per heavy atom. The summed E-state index contributed by atoms with van der Waals surface area (Å²) in [5, 5.41) is 9.37. The molecule has 0 unspecified atom stereocenters. The molecule has 1 N–H and O–H groups in total. The number of halogens is 1. The average Bonchev–Trinajstić information content (AvgIpc) is 2.46. The summed E-state index contributed by atoms with van der Waals surface area (Å²) in [6.45, 7) is -0.212. The summed E-state index contributed by atoms with van der Waals surface area (Å²) in [4.78, 5) is 11.6. The molecule has 0 aliphatic carbocycles. The summed E-state index contributed by atoms with van der Waals surface area (Å²) < 4.78 is 5.61. The number of Topliss-reactive ketones (excluding diaryl/α,β-unsaturated/α-hetero) is 1. The van der Waals surface area contributed by atoms with Gasteiger partial charge in [0.05, 0.1) is 5.56 Å². The highest BCUT2D eigenvalue weighted by Gasteiger charge is 2.12. The highest BCUT2D eigenvalue weighted by molar-refractivity contribution is 6.31. The first-order chi connectivity index (χ1) is 9.20. The molecule has 4 heteroatoms. The predicted octanol–water partition coefficient (Wildman–Crippen LogP) is 3.09. The van der Waals surface area contributed by atoms with E-state index in [0.717, 1.165) is 5.56 Å². The lowest BCUT2D eigenvalue weighted by molar-refractivity contribution is 0.0899. The molecule has 0 saturated carbocycles. The quantitative estimate of drug-likeness (QED) is 0.854. The molecule has 3 nitrogen and oxygen atoms in total. The molecule has 0 aliphatic heterocycles. The number of benzene rings is 2. The lowest BCUT2D eigenvalue weighted by atomic mass is 10.1. The lowest BCUT2D eigenvalue weighted by Crippen LogP contribution is -2.08. The van der Waals surface area contributed by atoms with Crippen molar-refractivity contribution < 1.29 is 14.6 Å². The first kappa shape index (κ1) is 13.6. The first-order valence-corrected chi connectivity index (χ1v) is 6.19. The number of aliphatic hydroxyl groups is 1. The van der Waals surface area contributed by atoms with Crippen molar-refractivity contribution in [3.8, 4) is 5.75 Å². The second-order valence-corrected chi connectivity index (χ2v) is 4.43. The molecule has 0 atom stereocenters. The molecule has 98 valence electrons. The molecule has 19 heavy (non-hydrogen) atoms. The van der Waals surface area contributed by atoms with Gasteiger partial charge in [-0.25, -0.2) is 0 Å². The van der Waals surface area contributed by atoms with E-state index in [1.165, 1.54) is 6.07 Å². The van der Waals surface area contributed by atoms with E-state index in [-0.39, 0.29) is 0 Å². The number of carbonyl (C=O) groups is 1. The van der Waals surface area contributed by atoms with Gasteiger partial charge in [-0.3, -0.25) is 4.79 Å². The fourth-order valence-electron chi connectivity index (χ4n) is 1.67. The summed E-state index contributed by atoms with van der Waals surface area (Å²) >= 11 is 5.85. The molecule has 0 saturated heterocycles. The van der Waals surface area contributed by atoms with Gasteiger partial charge >= 0.3 is 0 Å². The first-order valence-electron chi connectivity index (χ1n) is 5.81. The van der Waals surface area contributed by atoms with Crippen molar-refractivity contribution >= 4 is 17.4 Å². The Morgan fingerprint density at radius 1 is 1.16 bits per heavy atom. The van der Waals surface area contributed by atoms with E-state index in [9.17, 15) is 4.79 Å². The van der Waals surface area contributed by atoms with Crippen LogP contribution >= 0.6 is 11.6 Å². The van der Waals surface area contributed by atoms with Gasteiger partial charge in [0.15, 0.2) is 5.78 Å². The Kier molecular flexibility index (Phi) is 4.55. The van der Waals surface area contributed by atoms with E-state index in [1.54, 1.807) is 12.1 Å². The van der Waals surface area contributed by atoms with Crippen LogP contribution in [0.25, 0.3) is 0 Å². The van der Waals surface area contributed by atoms with Gasteiger partial charge in [-0.15, -0.1) is 0 Å².